The molecule has 0 atom stereocenters. The average Bonchev–Trinajstić information content (AvgIpc) is 2.86. The van der Waals surface area contributed by atoms with E-state index in [4.69, 9.17) is 9.47 Å². The van der Waals surface area contributed by atoms with Gasteiger partial charge in [0.05, 0.1) is 24.9 Å². The molecule has 0 saturated heterocycles. The third kappa shape index (κ3) is 5.71. The van der Waals surface area contributed by atoms with E-state index in [2.05, 4.69) is 10.1 Å². The Balaban J connectivity index is 3.13. The minimum absolute atomic E-state index is 0.258. The number of isocyanates is 1. The highest BCUT2D eigenvalue weighted by molar-refractivity contribution is 5.92. The minimum atomic E-state index is -0.729. The number of aromatic nitrogens is 2. The number of aliphatic imine (C=N–C) groups is 1. The third-order valence-corrected chi connectivity index (χ3v) is 2.76. The van der Waals surface area contributed by atoms with Crippen LogP contribution in [-0.2, 0) is 9.53 Å². The molecule has 0 fully saturated rings. The van der Waals surface area contributed by atoms with Gasteiger partial charge in [-0.05, 0) is 32.8 Å². The fourth-order valence-corrected chi connectivity index (χ4v) is 1.60. The number of hydrogen-bond acceptors (Lipinski definition) is 6. The van der Waals surface area contributed by atoms with E-state index in [-0.39, 0.29) is 18.1 Å². The second kappa shape index (κ2) is 8.29. The van der Waals surface area contributed by atoms with Gasteiger partial charge in [0.25, 0.3) is 0 Å². The zero-order valence-corrected chi connectivity index (χ0v) is 14.2. The largest absolute Gasteiger partial charge is 0.477 e. The molecule has 1 aromatic heterocycles. The van der Waals surface area contributed by atoms with Crippen LogP contribution in [0.1, 0.15) is 45.0 Å². The van der Waals surface area contributed by atoms with Crippen molar-refractivity contribution in [1.82, 2.24) is 9.78 Å². The monoisotopic (exact) mass is 321 g/mol. The van der Waals surface area contributed by atoms with Crippen molar-refractivity contribution in [1.29, 1.82) is 0 Å². The second-order valence-electron chi connectivity index (χ2n) is 5.91. The van der Waals surface area contributed by atoms with E-state index in [1.54, 1.807) is 33.0 Å². The number of carbonyl (C=O) groups excluding carboxylic acids is 2. The summed E-state index contributed by atoms with van der Waals surface area (Å²) in [6.45, 7) is 9.94. The third-order valence-electron chi connectivity index (χ3n) is 2.76. The number of esters is 1. The smallest absolute Gasteiger partial charge is 0.345 e. The predicted octanol–water partition coefficient (Wildman–Crippen LogP) is 2.68. The molecular weight excluding hydrogens is 298 g/mol. The molecule has 0 radical (unpaired) electrons. The first-order valence-electron chi connectivity index (χ1n) is 7.46. The molecule has 7 nitrogen and oxygen atoms in total. The van der Waals surface area contributed by atoms with Crippen LogP contribution in [-0.4, -0.2) is 40.6 Å². The van der Waals surface area contributed by atoms with E-state index >= 15 is 0 Å². The van der Waals surface area contributed by atoms with Gasteiger partial charge in [-0.1, -0.05) is 13.8 Å². The molecule has 1 aromatic rings. The number of rotatable bonds is 8. The Kier molecular flexibility index (Phi) is 6.72. The van der Waals surface area contributed by atoms with E-state index in [0.29, 0.717) is 12.5 Å². The Morgan fingerprint density at radius 3 is 2.78 bits per heavy atom. The quantitative estimate of drug-likeness (QED) is 0.417. The SMILES string of the molecule is CCOC(=O)c1cnn(/C=C/C(C)(C)N=C=O)c1OCC(C)C. The van der Waals surface area contributed by atoms with Crippen molar-refractivity contribution in [2.24, 2.45) is 10.9 Å². The zero-order chi connectivity index (χ0) is 17.5. The van der Waals surface area contributed by atoms with Gasteiger partial charge in [0.2, 0.25) is 12.0 Å². The molecule has 0 spiro atoms. The van der Waals surface area contributed by atoms with E-state index in [0.717, 1.165) is 0 Å². The zero-order valence-electron chi connectivity index (χ0n) is 14.2. The van der Waals surface area contributed by atoms with Crippen molar-refractivity contribution in [3.8, 4) is 5.88 Å². The van der Waals surface area contributed by atoms with E-state index in [1.165, 1.54) is 17.0 Å². The van der Waals surface area contributed by atoms with Crippen LogP contribution in [0.4, 0.5) is 0 Å². The molecule has 7 heteroatoms. The van der Waals surface area contributed by atoms with Crippen molar-refractivity contribution in [2.75, 3.05) is 13.2 Å². The molecule has 0 bridgehead atoms. The molecule has 0 aliphatic carbocycles. The van der Waals surface area contributed by atoms with Crippen LogP contribution in [0.25, 0.3) is 6.20 Å². The van der Waals surface area contributed by atoms with E-state index < -0.39 is 11.5 Å². The topological polar surface area (TPSA) is 82.8 Å². The summed E-state index contributed by atoms with van der Waals surface area (Å²) in [4.78, 5) is 26.1. The van der Waals surface area contributed by atoms with Gasteiger partial charge in [-0.2, -0.15) is 10.1 Å². The average molecular weight is 321 g/mol. The minimum Gasteiger partial charge on any atom is -0.477 e. The fourth-order valence-electron chi connectivity index (χ4n) is 1.60. The van der Waals surface area contributed by atoms with Gasteiger partial charge in [0.1, 0.15) is 5.56 Å². The molecule has 23 heavy (non-hydrogen) atoms. The van der Waals surface area contributed by atoms with Crippen LogP contribution >= 0.6 is 0 Å². The Morgan fingerprint density at radius 1 is 1.52 bits per heavy atom. The highest BCUT2D eigenvalue weighted by Crippen LogP contribution is 2.22. The summed E-state index contributed by atoms with van der Waals surface area (Å²) in [7, 11) is 0. The van der Waals surface area contributed by atoms with Crippen molar-refractivity contribution < 1.29 is 19.1 Å². The number of hydrogen-bond donors (Lipinski definition) is 0. The Hall–Kier alpha value is -2.40. The van der Waals surface area contributed by atoms with Crippen molar-refractivity contribution in [2.45, 2.75) is 40.2 Å². The van der Waals surface area contributed by atoms with Crippen LogP contribution in [0.15, 0.2) is 17.3 Å². The molecule has 1 heterocycles. The van der Waals surface area contributed by atoms with Crippen LogP contribution in [0.3, 0.4) is 0 Å². The Bertz CT molecular complexity index is 611. The molecule has 0 aromatic carbocycles. The molecule has 1 rings (SSSR count). The van der Waals surface area contributed by atoms with Gasteiger partial charge in [0, 0.05) is 6.20 Å². The molecule has 0 aliphatic heterocycles. The lowest BCUT2D eigenvalue weighted by Crippen LogP contribution is -2.14. The summed E-state index contributed by atoms with van der Waals surface area (Å²) < 4.78 is 12.1. The summed E-state index contributed by atoms with van der Waals surface area (Å²) in [5.74, 6) is 0.101. The molecular formula is C16H23N3O4. The highest BCUT2D eigenvalue weighted by atomic mass is 16.5. The normalized spacial score (nSPS) is 11.6. The molecule has 0 aliphatic rings. The summed E-state index contributed by atoms with van der Waals surface area (Å²) in [6, 6.07) is 0. The van der Waals surface area contributed by atoms with Gasteiger partial charge in [-0.25, -0.2) is 14.3 Å². The number of carbonyl (C=O) groups is 1. The fraction of sp³-hybridized carbons (Fsp3) is 0.562. The van der Waals surface area contributed by atoms with E-state index in [9.17, 15) is 9.59 Å². The predicted molar refractivity (Wildman–Crippen MR) is 86.0 cm³/mol. The Labute approximate surface area is 136 Å². The maximum atomic E-state index is 12.0. The first-order valence-corrected chi connectivity index (χ1v) is 7.46. The summed E-state index contributed by atoms with van der Waals surface area (Å²) >= 11 is 0. The standard InChI is InChI=1S/C16H23N3O4/c1-6-22-15(21)13-9-18-19(14(13)23-10-12(2)3)8-7-16(4,5)17-11-20/h7-9,12H,6,10H2,1-5H3/b8-7+. The van der Waals surface area contributed by atoms with Gasteiger partial charge >= 0.3 is 5.97 Å². The Morgan fingerprint density at radius 2 is 2.22 bits per heavy atom. The number of ether oxygens (including phenoxy) is 2. The van der Waals surface area contributed by atoms with Gasteiger partial charge in [0.15, 0.2) is 0 Å². The molecule has 0 saturated carbocycles. The first-order chi connectivity index (χ1) is 10.8. The lowest BCUT2D eigenvalue weighted by atomic mass is 10.1. The number of nitrogens with zero attached hydrogens (tertiary/aromatic N) is 3. The van der Waals surface area contributed by atoms with Crippen molar-refractivity contribution in [3.63, 3.8) is 0 Å². The van der Waals surface area contributed by atoms with E-state index in [1.807, 2.05) is 13.8 Å². The van der Waals surface area contributed by atoms with Gasteiger partial charge in [-0.15, -0.1) is 0 Å². The molecule has 0 amide bonds. The van der Waals surface area contributed by atoms with Crippen molar-refractivity contribution in [3.05, 3.63) is 17.8 Å². The lowest BCUT2D eigenvalue weighted by Gasteiger charge is -2.13. The molecule has 126 valence electrons. The lowest BCUT2D eigenvalue weighted by molar-refractivity contribution is 0.0520. The van der Waals surface area contributed by atoms with Gasteiger partial charge in [-0.3, -0.25) is 0 Å². The highest BCUT2D eigenvalue weighted by Gasteiger charge is 2.20. The first kappa shape index (κ1) is 18.6. The van der Waals surface area contributed by atoms with Crippen LogP contribution < -0.4 is 4.74 Å². The maximum absolute atomic E-state index is 12.0. The summed E-state index contributed by atoms with van der Waals surface area (Å²) in [6.07, 6.45) is 6.19. The van der Waals surface area contributed by atoms with Crippen LogP contribution in [0.5, 0.6) is 5.88 Å². The van der Waals surface area contributed by atoms with Crippen molar-refractivity contribution >= 4 is 18.2 Å². The van der Waals surface area contributed by atoms with Gasteiger partial charge < -0.3 is 9.47 Å². The molecule has 0 N–H and O–H groups in total. The van der Waals surface area contributed by atoms with Crippen LogP contribution in [0, 0.1) is 5.92 Å². The second-order valence-corrected chi connectivity index (χ2v) is 5.91. The summed E-state index contributed by atoms with van der Waals surface area (Å²) in [5, 5.41) is 4.12. The van der Waals surface area contributed by atoms with Crippen LogP contribution in [0.2, 0.25) is 0 Å². The molecule has 0 unspecified atom stereocenters. The summed E-state index contributed by atoms with van der Waals surface area (Å²) in [5.41, 5.74) is -0.471. The maximum Gasteiger partial charge on any atom is 0.345 e.